The van der Waals surface area contributed by atoms with Gasteiger partial charge in [-0.1, -0.05) is 32.9 Å². The van der Waals surface area contributed by atoms with Gasteiger partial charge in [-0.2, -0.15) is 0 Å². The number of carbonyl (C=O) groups excluding carboxylic acids is 2. The molecule has 0 unspecified atom stereocenters. The number of hydrogen-bond donors (Lipinski definition) is 1. The van der Waals surface area contributed by atoms with Gasteiger partial charge in [0.2, 0.25) is 0 Å². The van der Waals surface area contributed by atoms with Crippen LogP contribution in [0.2, 0.25) is 0 Å². The van der Waals surface area contributed by atoms with Crippen molar-refractivity contribution in [3.8, 4) is 0 Å². The number of carboxylic acid groups (broad SMARTS) is 1. The Morgan fingerprint density at radius 1 is 1.13 bits per heavy atom. The standard InChI is InChI=1S/C18H19NO4/c1-18(2,3)13-8-6-12(7-9-13)16(20)19-15(17(21)22)11-14-5-4-10-23-14/h4-11H,1-3H3,(H,19,20)(H,21,22)/p-1/b15-11-. The third kappa shape index (κ3) is 4.32. The number of nitrogens with one attached hydrogen (secondary N) is 1. The monoisotopic (exact) mass is 312 g/mol. The van der Waals surface area contributed by atoms with Crippen LogP contribution in [0.1, 0.15) is 42.5 Å². The minimum atomic E-state index is -1.49. The normalized spacial score (nSPS) is 12.0. The van der Waals surface area contributed by atoms with Crippen molar-refractivity contribution in [3.05, 3.63) is 65.2 Å². The maximum Gasteiger partial charge on any atom is 0.255 e. The third-order valence-electron chi connectivity index (χ3n) is 3.31. The Bertz CT molecular complexity index is 719. The van der Waals surface area contributed by atoms with E-state index in [1.54, 1.807) is 24.3 Å². The third-order valence-corrected chi connectivity index (χ3v) is 3.31. The molecule has 2 rings (SSSR count). The van der Waals surface area contributed by atoms with E-state index in [1.165, 1.54) is 12.3 Å². The van der Waals surface area contributed by atoms with Crippen LogP contribution < -0.4 is 10.4 Å². The molecular weight excluding hydrogens is 294 g/mol. The molecule has 23 heavy (non-hydrogen) atoms. The van der Waals surface area contributed by atoms with Gasteiger partial charge in [0.25, 0.3) is 5.91 Å². The van der Waals surface area contributed by atoms with Gasteiger partial charge in [-0.25, -0.2) is 0 Å². The summed E-state index contributed by atoms with van der Waals surface area (Å²) in [6.45, 7) is 6.22. The number of carboxylic acids is 1. The van der Waals surface area contributed by atoms with Gasteiger partial charge in [0.1, 0.15) is 5.76 Å². The highest BCUT2D eigenvalue weighted by Crippen LogP contribution is 2.22. The average Bonchev–Trinajstić information content (AvgIpc) is 2.98. The molecule has 0 aliphatic carbocycles. The molecule has 1 aromatic heterocycles. The molecule has 0 saturated heterocycles. The Morgan fingerprint density at radius 3 is 2.26 bits per heavy atom. The summed E-state index contributed by atoms with van der Waals surface area (Å²) in [6, 6.07) is 10.2. The highest BCUT2D eigenvalue weighted by atomic mass is 16.4. The van der Waals surface area contributed by atoms with Crippen molar-refractivity contribution in [3.63, 3.8) is 0 Å². The van der Waals surface area contributed by atoms with Crippen LogP contribution in [0, 0.1) is 0 Å². The minimum absolute atomic E-state index is 0.0235. The first-order chi connectivity index (χ1) is 10.8. The fraction of sp³-hybridized carbons (Fsp3) is 0.222. The van der Waals surface area contributed by atoms with Crippen LogP contribution >= 0.6 is 0 Å². The van der Waals surface area contributed by atoms with Gasteiger partial charge in [-0.05, 0) is 35.2 Å². The predicted molar refractivity (Wildman–Crippen MR) is 84.3 cm³/mol. The molecule has 1 N–H and O–H groups in total. The van der Waals surface area contributed by atoms with Crippen LogP contribution in [0.15, 0.2) is 52.8 Å². The lowest BCUT2D eigenvalue weighted by Crippen LogP contribution is -2.35. The van der Waals surface area contributed by atoms with Crippen LogP contribution in [0.4, 0.5) is 0 Å². The molecule has 0 spiro atoms. The van der Waals surface area contributed by atoms with Crippen molar-refractivity contribution in [2.24, 2.45) is 0 Å². The first-order valence-corrected chi connectivity index (χ1v) is 7.16. The zero-order valence-electron chi connectivity index (χ0n) is 13.3. The SMILES string of the molecule is CC(C)(C)c1ccc(C(=O)N/C(=C\c2ccco2)C(=O)[O-])cc1. The molecule has 0 atom stereocenters. The number of benzene rings is 1. The molecule has 120 valence electrons. The highest BCUT2D eigenvalue weighted by molar-refractivity contribution is 6.02. The van der Waals surface area contributed by atoms with E-state index in [9.17, 15) is 14.7 Å². The van der Waals surface area contributed by atoms with Crippen LogP contribution in [-0.4, -0.2) is 11.9 Å². The zero-order valence-corrected chi connectivity index (χ0v) is 13.3. The second-order valence-electron chi connectivity index (χ2n) is 6.14. The van der Waals surface area contributed by atoms with Gasteiger partial charge in [0.15, 0.2) is 0 Å². The first-order valence-electron chi connectivity index (χ1n) is 7.16. The number of carbonyl (C=O) groups is 2. The lowest BCUT2D eigenvalue weighted by atomic mass is 9.87. The zero-order chi connectivity index (χ0) is 17.0. The Labute approximate surface area is 134 Å². The number of aliphatic carboxylic acids is 1. The lowest BCUT2D eigenvalue weighted by molar-refractivity contribution is -0.299. The van der Waals surface area contributed by atoms with E-state index < -0.39 is 11.9 Å². The summed E-state index contributed by atoms with van der Waals surface area (Å²) in [5.74, 6) is -1.69. The van der Waals surface area contributed by atoms with Crippen LogP contribution in [0.3, 0.4) is 0 Å². The topological polar surface area (TPSA) is 82.4 Å². The van der Waals surface area contributed by atoms with E-state index in [-0.39, 0.29) is 11.1 Å². The summed E-state index contributed by atoms with van der Waals surface area (Å²) in [6.07, 6.45) is 2.61. The van der Waals surface area contributed by atoms with Crippen LogP contribution in [0.25, 0.3) is 6.08 Å². The number of rotatable bonds is 4. The van der Waals surface area contributed by atoms with E-state index in [2.05, 4.69) is 26.1 Å². The Hall–Kier alpha value is -2.82. The molecule has 0 aliphatic rings. The van der Waals surface area contributed by atoms with E-state index in [0.29, 0.717) is 11.3 Å². The van der Waals surface area contributed by atoms with Crippen LogP contribution in [-0.2, 0) is 10.2 Å². The van der Waals surface area contributed by atoms with Gasteiger partial charge >= 0.3 is 0 Å². The largest absolute Gasteiger partial charge is 0.543 e. The van der Waals surface area contributed by atoms with E-state index in [4.69, 9.17) is 4.42 Å². The van der Waals surface area contributed by atoms with Crippen molar-refractivity contribution in [2.45, 2.75) is 26.2 Å². The van der Waals surface area contributed by atoms with Crippen LogP contribution in [0.5, 0.6) is 0 Å². The van der Waals surface area contributed by atoms with Crippen molar-refractivity contribution in [1.29, 1.82) is 0 Å². The maximum absolute atomic E-state index is 12.2. The fourth-order valence-corrected chi connectivity index (χ4v) is 1.98. The first kappa shape index (κ1) is 16.5. The van der Waals surface area contributed by atoms with Gasteiger partial charge in [-0.3, -0.25) is 4.79 Å². The fourth-order valence-electron chi connectivity index (χ4n) is 1.98. The van der Waals surface area contributed by atoms with Crippen molar-refractivity contribution in [2.75, 3.05) is 0 Å². The van der Waals surface area contributed by atoms with Crippen molar-refractivity contribution in [1.82, 2.24) is 5.32 Å². The summed E-state index contributed by atoms with van der Waals surface area (Å²) < 4.78 is 5.04. The second kappa shape index (κ2) is 6.52. The molecule has 0 fully saturated rings. The summed E-state index contributed by atoms with van der Waals surface area (Å²) >= 11 is 0. The van der Waals surface area contributed by atoms with E-state index in [1.807, 2.05) is 12.1 Å². The number of furan rings is 1. The Morgan fingerprint density at radius 2 is 1.78 bits per heavy atom. The Kier molecular flexibility index (Phi) is 4.69. The molecule has 0 saturated carbocycles. The van der Waals surface area contributed by atoms with Gasteiger partial charge < -0.3 is 19.6 Å². The lowest BCUT2D eigenvalue weighted by Gasteiger charge is -2.19. The minimum Gasteiger partial charge on any atom is -0.543 e. The predicted octanol–water partition coefficient (Wildman–Crippen LogP) is 2.10. The summed E-state index contributed by atoms with van der Waals surface area (Å²) in [4.78, 5) is 23.3. The molecule has 0 bridgehead atoms. The summed E-state index contributed by atoms with van der Waals surface area (Å²) in [5.41, 5.74) is 1.07. The molecule has 1 amide bonds. The molecule has 1 aromatic carbocycles. The maximum atomic E-state index is 12.2. The molecule has 2 aromatic rings. The smallest absolute Gasteiger partial charge is 0.255 e. The van der Waals surface area contributed by atoms with Gasteiger partial charge in [-0.15, -0.1) is 0 Å². The van der Waals surface area contributed by atoms with Crippen molar-refractivity contribution < 1.29 is 19.1 Å². The average molecular weight is 312 g/mol. The molecule has 5 nitrogen and oxygen atoms in total. The molecule has 5 heteroatoms. The molecule has 1 heterocycles. The molecule has 0 aliphatic heterocycles. The van der Waals surface area contributed by atoms with Crippen molar-refractivity contribution >= 4 is 18.0 Å². The number of hydrogen-bond acceptors (Lipinski definition) is 4. The molecular formula is C18H18NO4-. The van der Waals surface area contributed by atoms with Gasteiger partial charge in [0, 0.05) is 11.6 Å². The van der Waals surface area contributed by atoms with E-state index in [0.717, 1.165) is 5.56 Å². The van der Waals surface area contributed by atoms with E-state index >= 15 is 0 Å². The summed E-state index contributed by atoms with van der Waals surface area (Å²) in [7, 11) is 0. The second-order valence-corrected chi connectivity index (χ2v) is 6.14. The summed E-state index contributed by atoms with van der Waals surface area (Å²) in [5, 5.41) is 13.5. The van der Waals surface area contributed by atoms with Gasteiger partial charge in [0.05, 0.1) is 17.9 Å². The highest BCUT2D eigenvalue weighted by Gasteiger charge is 2.15. The number of amides is 1. The quantitative estimate of drug-likeness (QED) is 0.876. The Balaban J connectivity index is 2.18. The molecule has 0 radical (unpaired) electrons.